The molecule has 88 valence electrons. The van der Waals surface area contributed by atoms with Crippen molar-refractivity contribution in [1.82, 2.24) is 5.32 Å². The van der Waals surface area contributed by atoms with Gasteiger partial charge >= 0.3 is 0 Å². The minimum atomic E-state index is -0.109. The van der Waals surface area contributed by atoms with Crippen molar-refractivity contribution in [1.29, 1.82) is 0 Å². The van der Waals surface area contributed by atoms with E-state index in [0.29, 0.717) is 5.70 Å². The highest BCUT2D eigenvalue weighted by Crippen LogP contribution is 2.17. The second-order valence-electron chi connectivity index (χ2n) is 4.26. The summed E-state index contributed by atoms with van der Waals surface area (Å²) in [7, 11) is 0. The van der Waals surface area contributed by atoms with Gasteiger partial charge in [-0.2, -0.15) is 0 Å². The van der Waals surface area contributed by atoms with E-state index in [4.69, 9.17) is 0 Å². The number of aliphatic imine (C=N–C) groups is 1. The van der Waals surface area contributed by atoms with E-state index in [1.165, 1.54) is 5.56 Å². The fraction of sp³-hybridized carbons (Fsp3) is 0.286. The fourth-order valence-corrected chi connectivity index (χ4v) is 1.75. The molecule has 3 nitrogen and oxygen atoms in total. The first-order valence-corrected chi connectivity index (χ1v) is 5.78. The van der Waals surface area contributed by atoms with Gasteiger partial charge in [-0.15, -0.1) is 0 Å². The van der Waals surface area contributed by atoms with Gasteiger partial charge in [0.1, 0.15) is 11.5 Å². The third-order valence-electron chi connectivity index (χ3n) is 2.81. The lowest BCUT2D eigenvalue weighted by atomic mass is 10.0. The number of benzene rings is 1. The van der Waals surface area contributed by atoms with E-state index in [1.807, 2.05) is 26.8 Å². The molecular formula is C14H16N2O. The molecule has 17 heavy (non-hydrogen) atoms. The monoisotopic (exact) mass is 228 g/mol. The van der Waals surface area contributed by atoms with Crippen LogP contribution in [0.4, 0.5) is 0 Å². The highest BCUT2D eigenvalue weighted by molar-refractivity contribution is 6.14. The third-order valence-corrected chi connectivity index (χ3v) is 2.81. The molecular weight excluding hydrogens is 212 g/mol. The lowest BCUT2D eigenvalue weighted by Crippen LogP contribution is -2.23. The second kappa shape index (κ2) is 4.53. The Morgan fingerprint density at radius 1 is 1.35 bits per heavy atom. The van der Waals surface area contributed by atoms with Crippen molar-refractivity contribution in [3.63, 3.8) is 0 Å². The molecule has 1 heterocycles. The van der Waals surface area contributed by atoms with Crippen LogP contribution in [0.3, 0.4) is 0 Å². The van der Waals surface area contributed by atoms with Crippen molar-refractivity contribution in [3.05, 3.63) is 40.6 Å². The van der Waals surface area contributed by atoms with Crippen LogP contribution in [0.1, 0.15) is 30.0 Å². The molecule has 0 atom stereocenters. The molecule has 0 saturated heterocycles. The molecule has 0 fully saturated rings. The summed E-state index contributed by atoms with van der Waals surface area (Å²) in [6, 6.07) is 6.18. The average Bonchev–Trinajstić information content (AvgIpc) is 2.65. The van der Waals surface area contributed by atoms with Gasteiger partial charge < -0.3 is 5.32 Å². The Bertz CT molecular complexity index is 527. The molecule has 1 aromatic rings. The van der Waals surface area contributed by atoms with Crippen LogP contribution in [-0.2, 0) is 4.79 Å². The molecule has 3 heteroatoms. The Hall–Kier alpha value is -1.90. The quantitative estimate of drug-likeness (QED) is 0.777. The predicted molar refractivity (Wildman–Crippen MR) is 69.8 cm³/mol. The lowest BCUT2D eigenvalue weighted by Gasteiger charge is -2.02. The zero-order valence-electron chi connectivity index (χ0n) is 10.4. The largest absolute Gasteiger partial charge is 0.309 e. The summed E-state index contributed by atoms with van der Waals surface area (Å²) >= 11 is 0. The molecule has 1 aliphatic rings. The minimum absolute atomic E-state index is 0.109. The van der Waals surface area contributed by atoms with Crippen molar-refractivity contribution >= 4 is 17.8 Å². The molecule has 1 N–H and O–H groups in total. The number of nitrogens with one attached hydrogen (secondary N) is 1. The number of aryl methyl sites for hydroxylation is 2. The van der Waals surface area contributed by atoms with Gasteiger partial charge in [0, 0.05) is 6.42 Å². The van der Waals surface area contributed by atoms with Gasteiger partial charge in [-0.25, -0.2) is 4.99 Å². The molecule has 0 spiro atoms. The van der Waals surface area contributed by atoms with Crippen LogP contribution in [0.5, 0.6) is 0 Å². The van der Waals surface area contributed by atoms with Crippen molar-refractivity contribution in [2.45, 2.75) is 27.2 Å². The van der Waals surface area contributed by atoms with Gasteiger partial charge in [-0.05, 0) is 31.1 Å². The number of hydrogen-bond acceptors (Lipinski definition) is 2. The Kier molecular flexibility index (Phi) is 3.09. The third kappa shape index (κ3) is 2.44. The highest BCUT2D eigenvalue weighted by Gasteiger charge is 2.18. The molecule has 1 amide bonds. The topological polar surface area (TPSA) is 41.5 Å². The molecule has 0 aliphatic carbocycles. The summed E-state index contributed by atoms with van der Waals surface area (Å²) < 4.78 is 0. The molecule has 0 unspecified atom stereocenters. The zero-order valence-corrected chi connectivity index (χ0v) is 10.4. The number of hydrogen-bond donors (Lipinski definition) is 1. The van der Waals surface area contributed by atoms with E-state index < -0.39 is 0 Å². The van der Waals surface area contributed by atoms with Crippen LogP contribution in [0.25, 0.3) is 6.08 Å². The SMILES string of the molecule is CCC1=N/C(=C/c2cc(C)ccc2C)C(=O)N1. The number of rotatable bonds is 2. The maximum absolute atomic E-state index is 11.7. The van der Waals surface area contributed by atoms with Crippen molar-refractivity contribution in [2.24, 2.45) is 4.99 Å². The molecule has 0 bridgehead atoms. The Labute approximate surface area is 101 Å². The van der Waals surface area contributed by atoms with Crippen molar-refractivity contribution in [2.75, 3.05) is 0 Å². The van der Waals surface area contributed by atoms with E-state index in [0.717, 1.165) is 23.4 Å². The first-order chi connectivity index (χ1) is 8.10. The van der Waals surface area contributed by atoms with Gasteiger partial charge in [-0.1, -0.05) is 30.7 Å². The normalized spacial score (nSPS) is 17.2. The molecule has 0 aromatic heterocycles. The highest BCUT2D eigenvalue weighted by atomic mass is 16.2. The molecule has 0 saturated carbocycles. The van der Waals surface area contributed by atoms with Crippen LogP contribution < -0.4 is 5.32 Å². The first-order valence-electron chi connectivity index (χ1n) is 5.78. The smallest absolute Gasteiger partial charge is 0.275 e. The summed E-state index contributed by atoms with van der Waals surface area (Å²) in [6.45, 7) is 6.04. The number of nitrogens with zero attached hydrogens (tertiary/aromatic N) is 1. The maximum Gasteiger partial charge on any atom is 0.275 e. The zero-order chi connectivity index (χ0) is 12.4. The van der Waals surface area contributed by atoms with Crippen LogP contribution >= 0.6 is 0 Å². The van der Waals surface area contributed by atoms with Crippen LogP contribution in [0.2, 0.25) is 0 Å². The van der Waals surface area contributed by atoms with E-state index in [2.05, 4.69) is 28.5 Å². The standard InChI is InChI=1S/C14H16N2O/c1-4-13-15-12(14(17)16-13)8-11-7-9(2)5-6-10(11)3/h5-8H,4H2,1-3H3,(H,15,16,17)/b12-8+. The number of amidine groups is 1. The maximum atomic E-state index is 11.7. The van der Waals surface area contributed by atoms with Crippen LogP contribution in [0, 0.1) is 13.8 Å². The summed E-state index contributed by atoms with van der Waals surface area (Å²) in [5.74, 6) is 0.634. The Balaban J connectivity index is 2.39. The van der Waals surface area contributed by atoms with Crippen molar-refractivity contribution in [3.8, 4) is 0 Å². The first kappa shape index (κ1) is 11.6. The number of carbonyl (C=O) groups excluding carboxylic acids is 1. The van der Waals surface area contributed by atoms with E-state index >= 15 is 0 Å². The van der Waals surface area contributed by atoms with E-state index in [9.17, 15) is 4.79 Å². The van der Waals surface area contributed by atoms with Gasteiger partial charge in [-0.3, -0.25) is 4.79 Å². The lowest BCUT2D eigenvalue weighted by molar-refractivity contribution is -0.115. The molecule has 0 radical (unpaired) electrons. The number of amides is 1. The summed E-state index contributed by atoms with van der Waals surface area (Å²) in [5, 5.41) is 2.75. The molecule has 1 aromatic carbocycles. The summed E-state index contributed by atoms with van der Waals surface area (Å²) in [6.07, 6.45) is 2.59. The second-order valence-corrected chi connectivity index (χ2v) is 4.26. The van der Waals surface area contributed by atoms with Crippen molar-refractivity contribution < 1.29 is 4.79 Å². The number of carbonyl (C=O) groups is 1. The summed E-state index contributed by atoms with van der Waals surface area (Å²) in [5.41, 5.74) is 3.88. The summed E-state index contributed by atoms with van der Waals surface area (Å²) in [4.78, 5) is 15.9. The predicted octanol–water partition coefficient (Wildman–Crippen LogP) is 2.58. The van der Waals surface area contributed by atoms with Crippen LogP contribution in [-0.4, -0.2) is 11.7 Å². The van der Waals surface area contributed by atoms with Gasteiger partial charge in [0.25, 0.3) is 5.91 Å². The Morgan fingerprint density at radius 2 is 2.12 bits per heavy atom. The molecule has 2 rings (SSSR count). The average molecular weight is 228 g/mol. The van der Waals surface area contributed by atoms with Gasteiger partial charge in [0.2, 0.25) is 0 Å². The van der Waals surface area contributed by atoms with Gasteiger partial charge in [0.15, 0.2) is 0 Å². The van der Waals surface area contributed by atoms with Gasteiger partial charge in [0.05, 0.1) is 0 Å². The Morgan fingerprint density at radius 3 is 2.76 bits per heavy atom. The molecule has 1 aliphatic heterocycles. The minimum Gasteiger partial charge on any atom is -0.309 e. The van der Waals surface area contributed by atoms with E-state index in [-0.39, 0.29) is 5.91 Å². The fourth-order valence-electron chi connectivity index (χ4n) is 1.75. The van der Waals surface area contributed by atoms with E-state index in [1.54, 1.807) is 0 Å². The van der Waals surface area contributed by atoms with Crippen LogP contribution in [0.15, 0.2) is 28.9 Å².